The van der Waals surface area contributed by atoms with Crippen molar-refractivity contribution in [1.29, 1.82) is 0 Å². The Hall–Kier alpha value is -2.86. The third kappa shape index (κ3) is 4.65. The maximum atomic E-state index is 12.8. The highest BCUT2D eigenvalue weighted by atomic mass is 32.1. The Morgan fingerprint density at radius 1 is 1.10 bits per heavy atom. The Morgan fingerprint density at radius 2 is 1.77 bits per heavy atom. The van der Waals surface area contributed by atoms with Gasteiger partial charge in [-0.25, -0.2) is 4.79 Å². The van der Waals surface area contributed by atoms with Gasteiger partial charge in [0.15, 0.2) is 6.10 Å². The van der Waals surface area contributed by atoms with E-state index >= 15 is 0 Å². The summed E-state index contributed by atoms with van der Waals surface area (Å²) < 4.78 is 7.59. The van der Waals surface area contributed by atoms with Gasteiger partial charge >= 0.3 is 5.97 Å². The van der Waals surface area contributed by atoms with E-state index in [1.165, 1.54) is 4.88 Å². The minimum atomic E-state index is -0.905. The van der Waals surface area contributed by atoms with Crippen LogP contribution in [0.1, 0.15) is 50.2 Å². The van der Waals surface area contributed by atoms with Gasteiger partial charge < -0.3 is 14.6 Å². The van der Waals surface area contributed by atoms with Gasteiger partial charge in [-0.1, -0.05) is 23.8 Å². The molecule has 3 rings (SSSR count). The van der Waals surface area contributed by atoms with Crippen molar-refractivity contribution in [1.82, 2.24) is 4.57 Å². The average molecular weight is 425 g/mol. The molecule has 2 heterocycles. The molecular weight excluding hydrogens is 396 g/mol. The SMILES string of the molecule is Cc1cc(C)c(NC(=O)[C@H](C)OC(=O)c2cc(C)n(Cc3cccs3)c2C)c(C)c1. The Bertz CT molecular complexity index is 1060. The van der Waals surface area contributed by atoms with Crippen LogP contribution in [0.5, 0.6) is 0 Å². The van der Waals surface area contributed by atoms with Crippen LogP contribution in [0.3, 0.4) is 0 Å². The fourth-order valence-corrected chi connectivity index (χ4v) is 4.38. The van der Waals surface area contributed by atoms with E-state index in [1.807, 2.05) is 64.3 Å². The molecule has 2 aromatic heterocycles. The number of aromatic nitrogens is 1. The zero-order valence-corrected chi connectivity index (χ0v) is 19.1. The monoisotopic (exact) mass is 424 g/mol. The van der Waals surface area contributed by atoms with E-state index in [1.54, 1.807) is 18.3 Å². The molecule has 5 nitrogen and oxygen atoms in total. The van der Waals surface area contributed by atoms with E-state index in [0.29, 0.717) is 12.1 Å². The largest absolute Gasteiger partial charge is 0.449 e. The number of ether oxygens (including phenoxy) is 1. The van der Waals surface area contributed by atoms with Gasteiger partial charge in [0.05, 0.1) is 12.1 Å². The number of esters is 1. The minimum absolute atomic E-state index is 0.342. The molecule has 1 aromatic carbocycles. The topological polar surface area (TPSA) is 60.3 Å². The van der Waals surface area contributed by atoms with Crippen molar-refractivity contribution < 1.29 is 14.3 Å². The normalized spacial score (nSPS) is 11.9. The predicted octanol–water partition coefficient (Wildman–Crippen LogP) is 5.32. The van der Waals surface area contributed by atoms with Gasteiger partial charge in [0.1, 0.15) is 0 Å². The molecule has 0 aliphatic rings. The first-order valence-corrected chi connectivity index (χ1v) is 10.8. The van der Waals surface area contributed by atoms with Crippen molar-refractivity contribution in [2.24, 2.45) is 0 Å². The number of hydrogen-bond acceptors (Lipinski definition) is 4. The van der Waals surface area contributed by atoms with Gasteiger partial charge in [-0.05, 0) is 70.2 Å². The van der Waals surface area contributed by atoms with Crippen LogP contribution < -0.4 is 5.32 Å². The number of benzene rings is 1. The molecule has 0 aliphatic heterocycles. The molecule has 3 aromatic rings. The number of rotatable bonds is 6. The van der Waals surface area contributed by atoms with Crippen molar-refractivity contribution >= 4 is 28.9 Å². The van der Waals surface area contributed by atoms with Crippen LogP contribution in [0.4, 0.5) is 5.69 Å². The zero-order chi connectivity index (χ0) is 22.0. The molecule has 0 unspecified atom stereocenters. The smallest absolute Gasteiger partial charge is 0.340 e. The highest BCUT2D eigenvalue weighted by Gasteiger charge is 2.23. The van der Waals surface area contributed by atoms with E-state index in [4.69, 9.17) is 4.74 Å². The Balaban J connectivity index is 1.70. The second-order valence-electron chi connectivity index (χ2n) is 7.76. The molecule has 0 saturated heterocycles. The van der Waals surface area contributed by atoms with Crippen molar-refractivity contribution in [2.75, 3.05) is 5.32 Å². The number of hydrogen-bond donors (Lipinski definition) is 1. The van der Waals surface area contributed by atoms with Gasteiger partial charge in [-0.3, -0.25) is 4.79 Å². The van der Waals surface area contributed by atoms with Gasteiger partial charge in [-0.15, -0.1) is 11.3 Å². The van der Waals surface area contributed by atoms with E-state index in [9.17, 15) is 9.59 Å². The maximum Gasteiger partial charge on any atom is 0.340 e. The fourth-order valence-electron chi connectivity index (χ4n) is 3.69. The molecule has 30 heavy (non-hydrogen) atoms. The van der Waals surface area contributed by atoms with Crippen LogP contribution in [0.15, 0.2) is 35.7 Å². The molecule has 0 aliphatic carbocycles. The fraction of sp³-hybridized carbons (Fsp3) is 0.333. The molecule has 158 valence electrons. The van der Waals surface area contributed by atoms with Gasteiger partial charge in [0.25, 0.3) is 5.91 Å². The number of carbonyl (C=O) groups is 2. The third-order valence-corrected chi connectivity index (χ3v) is 6.13. The van der Waals surface area contributed by atoms with Gasteiger partial charge in [0.2, 0.25) is 0 Å². The lowest BCUT2D eigenvalue weighted by Crippen LogP contribution is -2.30. The zero-order valence-electron chi connectivity index (χ0n) is 18.3. The summed E-state index contributed by atoms with van der Waals surface area (Å²) in [6, 6.07) is 9.94. The first-order valence-electron chi connectivity index (χ1n) is 9.96. The molecule has 6 heteroatoms. The number of thiophene rings is 1. The Morgan fingerprint density at radius 3 is 2.37 bits per heavy atom. The van der Waals surface area contributed by atoms with E-state index in [0.717, 1.165) is 33.8 Å². The summed E-state index contributed by atoms with van der Waals surface area (Å²) in [6.07, 6.45) is -0.905. The van der Waals surface area contributed by atoms with Crippen molar-refractivity contribution in [3.05, 3.63) is 74.2 Å². The summed E-state index contributed by atoms with van der Waals surface area (Å²) in [5.74, 6) is -0.827. The lowest BCUT2D eigenvalue weighted by atomic mass is 10.0. The molecule has 1 atom stereocenters. The summed E-state index contributed by atoms with van der Waals surface area (Å²) in [6.45, 7) is 12.1. The van der Waals surface area contributed by atoms with Crippen LogP contribution in [0, 0.1) is 34.6 Å². The predicted molar refractivity (Wildman–Crippen MR) is 121 cm³/mol. The molecule has 0 spiro atoms. The lowest BCUT2D eigenvalue weighted by Gasteiger charge is -2.17. The minimum Gasteiger partial charge on any atom is -0.449 e. The van der Waals surface area contributed by atoms with Crippen molar-refractivity contribution in [2.45, 2.75) is 54.2 Å². The summed E-state index contributed by atoms with van der Waals surface area (Å²) in [4.78, 5) is 26.6. The van der Waals surface area contributed by atoms with E-state index in [2.05, 4.69) is 16.0 Å². The second kappa shape index (κ2) is 8.88. The highest BCUT2D eigenvalue weighted by molar-refractivity contribution is 7.09. The quantitative estimate of drug-likeness (QED) is 0.545. The molecule has 0 fully saturated rings. The first kappa shape index (κ1) is 21.8. The van der Waals surface area contributed by atoms with Crippen LogP contribution in [0.25, 0.3) is 0 Å². The standard InChI is InChI=1S/C24H28N2O3S/c1-14-10-15(2)22(16(3)11-14)25-23(27)19(6)29-24(28)21-12-17(4)26(18(21)5)13-20-8-7-9-30-20/h7-12,19H,13H2,1-6H3,(H,25,27)/t19-/m0/s1. The third-order valence-electron chi connectivity index (χ3n) is 5.27. The van der Waals surface area contributed by atoms with Crippen molar-refractivity contribution in [3.8, 4) is 0 Å². The lowest BCUT2D eigenvalue weighted by molar-refractivity contribution is -0.123. The number of anilines is 1. The van der Waals surface area contributed by atoms with Crippen LogP contribution in [-0.2, 0) is 16.1 Å². The molecule has 1 N–H and O–H groups in total. The molecule has 0 saturated carbocycles. The average Bonchev–Trinajstić information content (AvgIpc) is 3.28. The molecule has 0 radical (unpaired) electrons. The summed E-state index contributed by atoms with van der Waals surface area (Å²) in [5.41, 5.74) is 6.18. The second-order valence-corrected chi connectivity index (χ2v) is 8.79. The van der Waals surface area contributed by atoms with E-state index < -0.39 is 12.1 Å². The molecule has 1 amide bonds. The number of carbonyl (C=O) groups excluding carboxylic acids is 2. The first-order chi connectivity index (χ1) is 14.2. The molecular formula is C24H28N2O3S. The highest BCUT2D eigenvalue weighted by Crippen LogP contribution is 2.23. The number of nitrogens with one attached hydrogen (secondary N) is 1. The Labute approximate surface area is 181 Å². The Kier molecular flexibility index (Phi) is 6.46. The van der Waals surface area contributed by atoms with E-state index in [-0.39, 0.29) is 5.91 Å². The van der Waals surface area contributed by atoms with Gasteiger partial charge in [0, 0.05) is 22.0 Å². The summed E-state index contributed by atoms with van der Waals surface area (Å²) in [5, 5.41) is 4.94. The van der Waals surface area contributed by atoms with Crippen molar-refractivity contribution in [3.63, 3.8) is 0 Å². The molecule has 0 bridgehead atoms. The van der Waals surface area contributed by atoms with Crippen LogP contribution in [-0.4, -0.2) is 22.5 Å². The summed E-state index contributed by atoms with van der Waals surface area (Å²) >= 11 is 1.68. The summed E-state index contributed by atoms with van der Waals surface area (Å²) in [7, 11) is 0. The number of amides is 1. The number of nitrogens with zero attached hydrogens (tertiary/aromatic N) is 1. The van der Waals surface area contributed by atoms with Gasteiger partial charge in [-0.2, -0.15) is 0 Å². The number of aryl methyl sites for hydroxylation is 4. The van der Waals surface area contributed by atoms with Crippen LogP contribution >= 0.6 is 11.3 Å². The maximum absolute atomic E-state index is 12.8. The van der Waals surface area contributed by atoms with Crippen LogP contribution in [0.2, 0.25) is 0 Å².